The highest BCUT2D eigenvalue weighted by molar-refractivity contribution is 6.30. The molecule has 3 N–H and O–H groups in total. The van der Waals surface area contributed by atoms with E-state index in [0.29, 0.717) is 10.8 Å². The number of nitrogens with zero attached hydrogens (tertiary/aromatic N) is 1. The third-order valence-electron chi connectivity index (χ3n) is 3.18. The van der Waals surface area contributed by atoms with Gasteiger partial charge in [0, 0.05) is 34.6 Å². The predicted molar refractivity (Wildman–Crippen MR) is 85.2 cm³/mol. The quantitative estimate of drug-likeness (QED) is 0.762. The zero-order valence-electron chi connectivity index (χ0n) is 11.0. The summed E-state index contributed by atoms with van der Waals surface area (Å²) in [5.74, 6) is 0.436. The maximum atomic E-state index is 11.4. The Hall–Kier alpha value is -2.59. The van der Waals surface area contributed by atoms with Crippen LogP contribution in [0.3, 0.4) is 0 Å². The van der Waals surface area contributed by atoms with Crippen LogP contribution in [-0.2, 0) is 0 Å². The molecule has 3 rings (SSSR count). The molecule has 0 bridgehead atoms. The van der Waals surface area contributed by atoms with Gasteiger partial charge in [-0.1, -0.05) is 23.7 Å². The van der Waals surface area contributed by atoms with Crippen LogP contribution >= 0.6 is 11.6 Å². The van der Waals surface area contributed by atoms with E-state index in [9.17, 15) is 4.79 Å². The molecule has 0 aliphatic carbocycles. The maximum absolute atomic E-state index is 11.4. The van der Waals surface area contributed by atoms with Crippen LogP contribution in [0.5, 0.6) is 0 Å². The molecule has 3 aromatic rings. The summed E-state index contributed by atoms with van der Waals surface area (Å²) in [4.78, 5) is 18.2. The fraction of sp³-hybridized carbons (Fsp3) is 0. The standard InChI is InChI=1S/C16H12ClN3O/c17-13-3-1-10(2-4-13)14-7-12(9-20-16(14)18)11-5-6-19-15(21)8-11/h1-9H,(H2,18,20)(H,19,21). The minimum absolute atomic E-state index is 0.155. The van der Waals surface area contributed by atoms with Gasteiger partial charge in [-0.05, 0) is 35.4 Å². The second-order valence-corrected chi connectivity index (χ2v) is 5.04. The van der Waals surface area contributed by atoms with E-state index in [4.69, 9.17) is 17.3 Å². The molecule has 0 saturated heterocycles. The van der Waals surface area contributed by atoms with Crippen molar-refractivity contribution in [2.45, 2.75) is 0 Å². The zero-order chi connectivity index (χ0) is 14.8. The number of hydrogen-bond acceptors (Lipinski definition) is 3. The number of nitrogen functional groups attached to an aromatic ring is 1. The third kappa shape index (κ3) is 2.80. The summed E-state index contributed by atoms with van der Waals surface area (Å²) < 4.78 is 0. The van der Waals surface area contributed by atoms with E-state index in [1.807, 2.05) is 24.3 Å². The number of nitrogens with one attached hydrogen (secondary N) is 1. The van der Waals surface area contributed by atoms with Gasteiger partial charge in [-0.15, -0.1) is 0 Å². The Balaban J connectivity index is 2.12. The highest BCUT2D eigenvalue weighted by Gasteiger charge is 2.07. The number of anilines is 1. The maximum Gasteiger partial charge on any atom is 0.248 e. The Kier molecular flexibility index (Phi) is 3.46. The summed E-state index contributed by atoms with van der Waals surface area (Å²) in [7, 11) is 0. The summed E-state index contributed by atoms with van der Waals surface area (Å²) in [6.07, 6.45) is 3.26. The van der Waals surface area contributed by atoms with Crippen LogP contribution in [0.4, 0.5) is 5.82 Å². The van der Waals surface area contributed by atoms with E-state index in [2.05, 4.69) is 9.97 Å². The van der Waals surface area contributed by atoms with Crippen molar-refractivity contribution in [2.24, 2.45) is 0 Å². The van der Waals surface area contributed by atoms with Gasteiger partial charge in [-0.3, -0.25) is 4.79 Å². The van der Waals surface area contributed by atoms with E-state index in [-0.39, 0.29) is 5.56 Å². The Labute approximate surface area is 126 Å². The minimum atomic E-state index is -0.155. The van der Waals surface area contributed by atoms with Crippen molar-refractivity contribution in [3.8, 4) is 22.3 Å². The van der Waals surface area contributed by atoms with Crippen LogP contribution in [0.15, 0.2) is 59.7 Å². The van der Waals surface area contributed by atoms with E-state index < -0.39 is 0 Å². The van der Waals surface area contributed by atoms with Crippen LogP contribution in [0.25, 0.3) is 22.3 Å². The largest absolute Gasteiger partial charge is 0.383 e. The van der Waals surface area contributed by atoms with Crippen molar-refractivity contribution >= 4 is 17.4 Å². The first-order valence-corrected chi connectivity index (χ1v) is 6.72. The molecule has 104 valence electrons. The number of hydrogen-bond donors (Lipinski definition) is 2. The number of benzene rings is 1. The lowest BCUT2D eigenvalue weighted by molar-refractivity contribution is 1.24. The molecule has 0 aliphatic rings. The second-order valence-electron chi connectivity index (χ2n) is 4.61. The molecule has 0 fully saturated rings. The lowest BCUT2D eigenvalue weighted by atomic mass is 10.0. The second kappa shape index (κ2) is 5.42. The Morgan fingerprint density at radius 2 is 1.76 bits per heavy atom. The van der Waals surface area contributed by atoms with Crippen LogP contribution in [0.1, 0.15) is 0 Å². The van der Waals surface area contributed by atoms with Gasteiger partial charge in [-0.25, -0.2) is 4.98 Å². The fourth-order valence-corrected chi connectivity index (χ4v) is 2.24. The lowest BCUT2D eigenvalue weighted by Crippen LogP contribution is -2.02. The summed E-state index contributed by atoms with van der Waals surface area (Å²) in [6, 6.07) is 12.6. The van der Waals surface area contributed by atoms with Gasteiger partial charge in [0.1, 0.15) is 5.82 Å². The predicted octanol–water partition coefficient (Wildman–Crippen LogP) is 3.34. The SMILES string of the molecule is Nc1ncc(-c2cc[nH]c(=O)c2)cc1-c1ccc(Cl)cc1. The van der Waals surface area contributed by atoms with Crippen molar-refractivity contribution < 1.29 is 0 Å². The smallest absolute Gasteiger partial charge is 0.248 e. The third-order valence-corrected chi connectivity index (χ3v) is 3.43. The van der Waals surface area contributed by atoms with Gasteiger partial charge in [0.05, 0.1) is 0 Å². The van der Waals surface area contributed by atoms with Crippen molar-refractivity contribution in [2.75, 3.05) is 5.73 Å². The number of rotatable bonds is 2. The normalized spacial score (nSPS) is 10.5. The van der Waals surface area contributed by atoms with Crippen LogP contribution in [0, 0.1) is 0 Å². The van der Waals surface area contributed by atoms with Gasteiger partial charge in [0.2, 0.25) is 5.56 Å². The van der Waals surface area contributed by atoms with Crippen LogP contribution in [-0.4, -0.2) is 9.97 Å². The molecular weight excluding hydrogens is 286 g/mol. The average molecular weight is 298 g/mol. The Morgan fingerprint density at radius 3 is 2.48 bits per heavy atom. The van der Waals surface area contributed by atoms with E-state index in [1.165, 1.54) is 6.07 Å². The average Bonchev–Trinajstić information content (AvgIpc) is 2.49. The molecule has 2 heterocycles. The Bertz CT molecular complexity index is 841. The lowest BCUT2D eigenvalue weighted by Gasteiger charge is -2.08. The Morgan fingerprint density at radius 1 is 1.00 bits per heavy atom. The molecule has 1 aromatic carbocycles. The van der Waals surface area contributed by atoms with Crippen molar-refractivity contribution in [1.29, 1.82) is 0 Å². The van der Waals surface area contributed by atoms with Crippen molar-refractivity contribution in [3.05, 3.63) is 70.2 Å². The minimum Gasteiger partial charge on any atom is -0.383 e. The first-order valence-electron chi connectivity index (χ1n) is 6.34. The van der Waals surface area contributed by atoms with E-state index in [1.54, 1.807) is 24.5 Å². The molecule has 0 atom stereocenters. The van der Waals surface area contributed by atoms with Gasteiger partial charge in [0.15, 0.2) is 0 Å². The topological polar surface area (TPSA) is 71.8 Å². The molecule has 0 spiro atoms. The molecule has 0 amide bonds. The number of aromatic amines is 1. The van der Waals surface area contributed by atoms with Crippen LogP contribution in [0.2, 0.25) is 5.02 Å². The van der Waals surface area contributed by atoms with Gasteiger partial charge < -0.3 is 10.7 Å². The summed E-state index contributed by atoms with van der Waals surface area (Å²) in [5.41, 5.74) is 9.16. The molecule has 0 saturated carbocycles. The number of aromatic nitrogens is 2. The molecule has 4 nitrogen and oxygen atoms in total. The fourth-order valence-electron chi connectivity index (χ4n) is 2.12. The van der Waals surface area contributed by atoms with Crippen LogP contribution < -0.4 is 11.3 Å². The van der Waals surface area contributed by atoms with E-state index >= 15 is 0 Å². The first kappa shape index (κ1) is 13.4. The molecule has 21 heavy (non-hydrogen) atoms. The van der Waals surface area contributed by atoms with Gasteiger partial charge >= 0.3 is 0 Å². The molecule has 0 aliphatic heterocycles. The number of nitrogens with two attached hydrogens (primary N) is 1. The zero-order valence-corrected chi connectivity index (χ0v) is 11.8. The summed E-state index contributed by atoms with van der Waals surface area (Å²) >= 11 is 5.90. The van der Waals surface area contributed by atoms with Crippen molar-refractivity contribution in [1.82, 2.24) is 9.97 Å². The summed E-state index contributed by atoms with van der Waals surface area (Å²) in [5, 5.41) is 0.663. The molecule has 2 aromatic heterocycles. The number of H-pyrrole nitrogens is 1. The molecular formula is C16H12ClN3O. The van der Waals surface area contributed by atoms with Crippen molar-refractivity contribution in [3.63, 3.8) is 0 Å². The monoisotopic (exact) mass is 297 g/mol. The highest BCUT2D eigenvalue weighted by Crippen LogP contribution is 2.29. The number of halogens is 1. The van der Waals surface area contributed by atoms with Gasteiger partial charge in [-0.2, -0.15) is 0 Å². The molecule has 0 radical (unpaired) electrons. The number of pyridine rings is 2. The summed E-state index contributed by atoms with van der Waals surface area (Å²) in [6.45, 7) is 0. The molecule has 5 heteroatoms. The highest BCUT2D eigenvalue weighted by atomic mass is 35.5. The van der Waals surface area contributed by atoms with E-state index in [0.717, 1.165) is 22.3 Å². The molecule has 0 unspecified atom stereocenters. The first-order chi connectivity index (χ1) is 10.1. The van der Waals surface area contributed by atoms with Gasteiger partial charge in [0.25, 0.3) is 0 Å².